The van der Waals surface area contributed by atoms with Crippen LogP contribution in [-0.2, 0) is 0 Å². The van der Waals surface area contributed by atoms with Crippen LogP contribution in [0.2, 0.25) is 0 Å². The van der Waals surface area contributed by atoms with E-state index in [1.54, 1.807) is 7.05 Å². The maximum atomic E-state index is 13.3. The number of hydrogen-bond donors (Lipinski definition) is 2. The van der Waals surface area contributed by atoms with E-state index >= 15 is 0 Å². The van der Waals surface area contributed by atoms with Gasteiger partial charge in [-0.1, -0.05) is 6.42 Å². The lowest BCUT2D eigenvalue weighted by molar-refractivity contribution is 0.0867. The second kappa shape index (κ2) is 7.82. The van der Waals surface area contributed by atoms with Crippen LogP contribution in [0.1, 0.15) is 37.3 Å². The molecular formula is C16H24F2N2O. The summed E-state index contributed by atoms with van der Waals surface area (Å²) in [6.07, 6.45) is 4.09. The minimum absolute atomic E-state index is 0.0866. The van der Waals surface area contributed by atoms with Crippen molar-refractivity contribution in [2.45, 2.75) is 37.8 Å². The predicted molar refractivity (Wildman–Crippen MR) is 79.1 cm³/mol. The van der Waals surface area contributed by atoms with Crippen molar-refractivity contribution in [2.75, 3.05) is 26.7 Å². The maximum absolute atomic E-state index is 13.3. The topological polar surface area (TPSA) is 35.5 Å². The smallest absolute Gasteiger partial charge is 0.126 e. The van der Waals surface area contributed by atoms with E-state index in [4.69, 9.17) is 0 Å². The Morgan fingerprint density at radius 1 is 1.29 bits per heavy atom. The number of benzene rings is 1. The monoisotopic (exact) mass is 298 g/mol. The Morgan fingerprint density at radius 2 is 2.00 bits per heavy atom. The second-order valence-corrected chi connectivity index (χ2v) is 5.70. The first-order valence-corrected chi connectivity index (χ1v) is 7.62. The van der Waals surface area contributed by atoms with Gasteiger partial charge in [-0.3, -0.25) is 4.90 Å². The molecule has 1 aliphatic heterocycles. The molecule has 1 aromatic rings. The van der Waals surface area contributed by atoms with Crippen LogP contribution >= 0.6 is 0 Å². The fourth-order valence-electron chi connectivity index (χ4n) is 3.11. The third-order valence-electron chi connectivity index (χ3n) is 4.30. The minimum atomic E-state index is -0.545. The van der Waals surface area contributed by atoms with Gasteiger partial charge in [0.1, 0.15) is 11.6 Å². The van der Waals surface area contributed by atoms with Crippen LogP contribution in [-0.4, -0.2) is 42.8 Å². The highest BCUT2D eigenvalue weighted by molar-refractivity contribution is 5.21. The summed E-state index contributed by atoms with van der Waals surface area (Å²) in [5, 5.41) is 12.5. The molecule has 2 unspecified atom stereocenters. The van der Waals surface area contributed by atoms with Gasteiger partial charge in [0, 0.05) is 24.7 Å². The molecule has 0 aromatic heterocycles. The standard InChI is InChI=1S/C16H24F2N2O/c1-19-16(12-8-13(17)10-14(18)9-12)5-7-20-6-3-2-4-15(20)11-21/h8-10,15-16,19,21H,2-7,11H2,1H3. The van der Waals surface area contributed by atoms with Crippen molar-refractivity contribution in [3.8, 4) is 0 Å². The number of nitrogens with zero attached hydrogens (tertiary/aromatic N) is 1. The molecular weight excluding hydrogens is 274 g/mol. The van der Waals surface area contributed by atoms with Crippen LogP contribution in [0.5, 0.6) is 0 Å². The lowest BCUT2D eigenvalue weighted by Crippen LogP contribution is -2.43. The first-order chi connectivity index (χ1) is 10.1. The molecule has 1 aromatic carbocycles. The molecule has 2 atom stereocenters. The van der Waals surface area contributed by atoms with E-state index in [1.165, 1.54) is 12.1 Å². The lowest BCUT2D eigenvalue weighted by Gasteiger charge is -2.35. The van der Waals surface area contributed by atoms with Crippen molar-refractivity contribution in [1.29, 1.82) is 0 Å². The van der Waals surface area contributed by atoms with Gasteiger partial charge in [-0.25, -0.2) is 8.78 Å². The molecule has 1 aliphatic rings. The van der Waals surface area contributed by atoms with Crippen molar-refractivity contribution in [3.05, 3.63) is 35.4 Å². The van der Waals surface area contributed by atoms with E-state index in [1.807, 2.05) is 0 Å². The Morgan fingerprint density at radius 3 is 2.62 bits per heavy atom. The lowest BCUT2D eigenvalue weighted by atomic mass is 9.99. The molecule has 5 heteroatoms. The molecule has 3 nitrogen and oxygen atoms in total. The first kappa shape index (κ1) is 16.3. The van der Waals surface area contributed by atoms with E-state index in [0.717, 1.165) is 44.8 Å². The molecule has 0 radical (unpaired) electrons. The van der Waals surface area contributed by atoms with Crippen molar-refractivity contribution in [3.63, 3.8) is 0 Å². The fourth-order valence-corrected chi connectivity index (χ4v) is 3.11. The Kier molecular flexibility index (Phi) is 6.08. The number of aliphatic hydroxyl groups excluding tert-OH is 1. The van der Waals surface area contributed by atoms with Gasteiger partial charge in [0.2, 0.25) is 0 Å². The van der Waals surface area contributed by atoms with E-state index in [0.29, 0.717) is 5.56 Å². The summed E-state index contributed by atoms with van der Waals surface area (Å²) in [4.78, 5) is 2.28. The maximum Gasteiger partial charge on any atom is 0.126 e. The Balaban J connectivity index is 1.98. The van der Waals surface area contributed by atoms with E-state index in [-0.39, 0.29) is 18.7 Å². The van der Waals surface area contributed by atoms with Gasteiger partial charge in [0.15, 0.2) is 0 Å². The summed E-state index contributed by atoms with van der Waals surface area (Å²) in [7, 11) is 1.80. The van der Waals surface area contributed by atoms with Gasteiger partial charge in [0.25, 0.3) is 0 Å². The van der Waals surface area contributed by atoms with Crippen LogP contribution in [0.25, 0.3) is 0 Å². The number of halogens is 2. The number of piperidine rings is 1. The largest absolute Gasteiger partial charge is 0.395 e. The van der Waals surface area contributed by atoms with E-state index in [2.05, 4.69) is 10.2 Å². The second-order valence-electron chi connectivity index (χ2n) is 5.70. The summed E-state index contributed by atoms with van der Waals surface area (Å²) >= 11 is 0. The molecule has 0 spiro atoms. The van der Waals surface area contributed by atoms with Crippen molar-refractivity contribution >= 4 is 0 Å². The molecule has 0 saturated carbocycles. The molecule has 0 aliphatic carbocycles. The molecule has 1 heterocycles. The number of nitrogens with one attached hydrogen (secondary N) is 1. The summed E-state index contributed by atoms with van der Waals surface area (Å²) in [5.41, 5.74) is 0.632. The summed E-state index contributed by atoms with van der Waals surface area (Å²) < 4.78 is 26.6. The van der Waals surface area contributed by atoms with Crippen molar-refractivity contribution < 1.29 is 13.9 Å². The van der Waals surface area contributed by atoms with Crippen LogP contribution < -0.4 is 5.32 Å². The zero-order chi connectivity index (χ0) is 15.2. The van der Waals surface area contributed by atoms with Crippen molar-refractivity contribution in [2.24, 2.45) is 0 Å². The van der Waals surface area contributed by atoms with Gasteiger partial charge in [0.05, 0.1) is 6.61 Å². The average molecular weight is 298 g/mol. The number of rotatable bonds is 6. The van der Waals surface area contributed by atoms with Gasteiger partial charge >= 0.3 is 0 Å². The Hall–Kier alpha value is -1.04. The highest BCUT2D eigenvalue weighted by Gasteiger charge is 2.22. The quantitative estimate of drug-likeness (QED) is 0.847. The first-order valence-electron chi connectivity index (χ1n) is 7.62. The van der Waals surface area contributed by atoms with Crippen LogP contribution in [0, 0.1) is 11.6 Å². The summed E-state index contributed by atoms with van der Waals surface area (Å²) in [6.45, 7) is 1.98. The molecule has 0 amide bonds. The fraction of sp³-hybridized carbons (Fsp3) is 0.625. The summed E-state index contributed by atoms with van der Waals surface area (Å²) in [5.74, 6) is -1.09. The number of aliphatic hydroxyl groups is 1. The number of hydrogen-bond acceptors (Lipinski definition) is 3. The highest BCUT2D eigenvalue weighted by atomic mass is 19.1. The molecule has 21 heavy (non-hydrogen) atoms. The number of likely N-dealkylation sites (tertiary alicyclic amines) is 1. The van der Waals surface area contributed by atoms with Crippen LogP contribution in [0.4, 0.5) is 8.78 Å². The molecule has 2 rings (SSSR count). The molecule has 118 valence electrons. The Labute approximate surface area is 125 Å². The summed E-state index contributed by atoms with van der Waals surface area (Å²) in [6, 6.07) is 3.79. The zero-order valence-electron chi connectivity index (χ0n) is 12.5. The normalized spacial score (nSPS) is 21.4. The molecule has 1 fully saturated rings. The van der Waals surface area contributed by atoms with Gasteiger partial charge in [-0.15, -0.1) is 0 Å². The van der Waals surface area contributed by atoms with Gasteiger partial charge in [-0.05, 0) is 50.6 Å². The van der Waals surface area contributed by atoms with Gasteiger partial charge < -0.3 is 10.4 Å². The van der Waals surface area contributed by atoms with Gasteiger partial charge in [-0.2, -0.15) is 0 Å². The van der Waals surface area contributed by atoms with E-state index in [9.17, 15) is 13.9 Å². The highest BCUT2D eigenvalue weighted by Crippen LogP contribution is 2.22. The predicted octanol–water partition coefficient (Wildman–Crippen LogP) is 2.46. The Bertz CT molecular complexity index is 436. The third kappa shape index (κ3) is 4.46. The SMILES string of the molecule is CNC(CCN1CCCCC1CO)c1cc(F)cc(F)c1. The minimum Gasteiger partial charge on any atom is -0.395 e. The molecule has 0 bridgehead atoms. The molecule has 2 N–H and O–H groups in total. The van der Waals surface area contributed by atoms with Crippen LogP contribution in [0.15, 0.2) is 18.2 Å². The zero-order valence-corrected chi connectivity index (χ0v) is 12.5. The average Bonchev–Trinajstić information content (AvgIpc) is 2.47. The molecule has 1 saturated heterocycles. The van der Waals surface area contributed by atoms with Crippen molar-refractivity contribution in [1.82, 2.24) is 10.2 Å². The van der Waals surface area contributed by atoms with Crippen LogP contribution in [0.3, 0.4) is 0 Å². The third-order valence-corrected chi connectivity index (χ3v) is 4.30. The van der Waals surface area contributed by atoms with E-state index < -0.39 is 11.6 Å².